The molecule has 126 valence electrons. The second-order valence-corrected chi connectivity index (χ2v) is 5.72. The number of carbonyl (C=O) groups is 1. The third kappa shape index (κ3) is 4.30. The molecule has 0 spiro atoms. The summed E-state index contributed by atoms with van der Waals surface area (Å²) in [6.07, 6.45) is 0. The molecule has 0 atom stereocenters. The van der Waals surface area contributed by atoms with Crippen LogP contribution < -0.4 is 11.1 Å². The van der Waals surface area contributed by atoms with Crippen molar-refractivity contribution in [3.63, 3.8) is 0 Å². The second kappa shape index (κ2) is 7.56. The van der Waals surface area contributed by atoms with Crippen molar-refractivity contribution in [3.8, 4) is 0 Å². The van der Waals surface area contributed by atoms with Gasteiger partial charge in [-0.25, -0.2) is 0 Å². The Balaban J connectivity index is 2.12. The minimum absolute atomic E-state index is 0.0351. The molecule has 0 aliphatic rings. The van der Waals surface area contributed by atoms with E-state index in [1.165, 1.54) is 18.2 Å². The van der Waals surface area contributed by atoms with Gasteiger partial charge < -0.3 is 16.0 Å². The fourth-order valence-electron chi connectivity index (χ4n) is 2.35. The Morgan fingerprint density at radius 2 is 1.88 bits per heavy atom. The molecule has 3 N–H and O–H groups in total. The van der Waals surface area contributed by atoms with Gasteiger partial charge in [-0.1, -0.05) is 24.3 Å². The van der Waals surface area contributed by atoms with E-state index in [1.54, 1.807) is 0 Å². The molecular formula is C17H20N4O3. The van der Waals surface area contributed by atoms with Crippen molar-refractivity contribution in [2.45, 2.75) is 13.1 Å². The summed E-state index contributed by atoms with van der Waals surface area (Å²) in [4.78, 5) is 24.6. The molecule has 0 bridgehead atoms. The molecule has 7 nitrogen and oxygen atoms in total. The zero-order valence-electron chi connectivity index (χ0n) is 13.7. The van der Waals surface area contributed by atoms with Crippen LogP contribution in [0.2, 0.25) is 0 Å². The molecule has 2 rings (SSSR count). The molecule has 0 aliphatic heterocycles. The maximum absolute atomic E-state index is 12.3. The van der Waals surface area contributed by atoms with Gasteiger partial charge in [0, 0.05) is 24.7 Å². The van der Waals surface area contributed by atoms with Crippen LogP contribution in [0.4, 0.5) is 11.4 Å². The molecule has 2 aromatic rings. The number of amides is 1. The molecule has 2 aromatic carbocycles. The fourth-order valence-corrected chi connectivity index (χ4v) is 2.35. The van der Waals surface area contributed by atoms with Crippen LogP contribution in [0, 0.1) is 10.1 Å². The number of nitrogens with one attached hydrogen (secondary N) is 1. The minimum Gasteiger partial charge on any atom is -0.393 e. The van der Waals surface area contributed by atoms with Crippen LogP contribution in [-0.4, -0.2) is 29.8 Å². The van der Waals surface area contributed by atoms with E-state index in [2.05, 4.69) is 5.32 Å². The maximum Gasteiger partial charge on any atom is 0.292 e. The highest BCUT2D eigenvalue weighted by Crippen LogP contribution is 2.22. The Kier molecular flexibility index (Phi) is 5.49. The number of nitro benzene ring substituents is 1. The second-order valence-electron chi connectivity index (χ2n) is 5.72. The summed E-state index contributed by atoms with van der Waals surface area (Å²) in [7, 11) is 3.95. The van der Waals surface area contributed by atoms with E-state index in [0.717, 1.165) is 17.7 Å². The van der Waals surface area contributed by atoms with Gasteiger partial charge in [-0.05, 0) is 37.4 Å². The summed E-state index contributed by atoms with van der Waals surface area (Å²) in [5.74, 6) is -0.377. The van der Waals surface area contributed by atoms with E-state index in [4.69, 9.17) is 5.73 Å². The molecule has 0 aromatic heterocycles. The summed E-state index contributed by atoms with van der Waals surface area (Å²) < 4.78 is 0. The first-order valence-corrected chi connectivity index (χ1v) is 7.42. The lowest BCUT2D eigenvalue weighted by Gasteiger charge is -2.14. The number of nitrogens with two attached hydrogens (primary N) is 1. The van der Waals surface area contributed by atoms with Crippen LogP contribution in [-0.2, 0) is 13.1 Å². The number of carbonyl (C=O) groups excluding carboxylic acids is 1. The summed E-state index contributed by atoms with van der Waals surface area (Å²) in [5, 5.41) is 13.7. The first-order chi connectivity index (χ1) is 11.4. The third-order valence-electron chi connectivity index (χ3n) is 3.53. The summed E-state index contributed by atoms with van der Waals surface area (Å²) in [6.45, 7) is 1.11. The van der Waals surface area contributed by atoms with E-state index in [1.807, 2.05) is 43.3 Å². The van der Waals surface area contributed by atoms with Gasteiger partial charge >= 0.3 is 0 Å². The van der Waals surface area contributed by atoms with Crippen molar-refractivity contribution in [1.29, 1.82) is 0 Å². The highest BCUT2D eigenvalue weighted by atomic mass is 16.6. The van der Waals surface area contributed by atoms with E-state index in [9.17, 15) is 14.9 Å². The lowest BCUT2D eigenvalue weighted by Crippen LogP contribution is -2.24. The first-order valence-electron chi connectivity index (χ1n) is 7.42. The quantitative estimate of drug-likeness (QED) is 0.481. The predicted molar refractivity (Wildman–Crippen MR) is 92.5 cm³/mol. The zero-order valence-corrected chi connectivity index (χ0v) is 13.7. The topological polar surface area (TPSA) is 102 Å². The Labute approximate surface area is 140 Å². The lowest BCUT2D eigenvalue weighted by atomic mass is 10.1. The molecule has 0 heterocycles. The van der Waals surface area contributed by atoms with E-state index < -0.39 is 4.92 Å². The summed E-state index contributed by atoms with van der Waals surface area (Å²) in [6, 6.07) is 11.9. The number of nitrogens with zero attached hydrogens (tertiary/aromatic N) is 2. The molecular weight excluding hydrogens is 308 g/mol. The van der Waals surface area contributed by atoms with Crippen molar-refractivity contribution < 1.29 is 9.72 Å². The Morgan fingerprint density at radius 3 is 2.50 bits per heavy atom. The van der Waals surface area contributed by atoms with Gasteiger partial charge in [0.1, 0.15) is 5.69 Å². The maximum atomic E-state index is 12.3. The van der Waals surface area contributed by atoms with Gasteiger partial charge in [-0.3, -0.25) is 14.9 Å². The molecule has 0 radical (unpaired) electrons. The van der Waals surface area contributed by atoms with Gasteiger partial charge in [0.05, 0.1) is 4.92 Å². The first kappa shape index (κ1) is 17.4. The average molecular weight is 328 g/mol. The highest BCUT2D eigenvalue weighted by Gasteiger charge is 2.15. The number of rotatable bonds is 6. The van der Waals surface area contributed by atoms with Crippen molar-refractivity contribution in [3.05, 3.63) is 69.3 Å². The van der Waals surface area contributed by atoms with Crippen LogP contribution in [0.5, 0.6) is 0 Å². The average Bonchev–Trinajstić information content (AvgIpc) is 2.53. The van der Waals surface area contributed by atoms with Crippen molar-refractivity contribution >= 4 is 17.3 Å². The molecule has 24 heavy (non-hydrogen) atoms. The lowest BCUT2D eigenvalue weighted by molar-refractivity contribution is -0.383. The van der Waals surface area contributed by atoms with Gasteiger partial charge in [-0.2, -0.15) is 0 Å². The Bertz CT molecular complexity index is 759. The summed E-state index contributed by atoms with van der Waals surface area (Å²) in [5.41, 5.74) is 7.64. The standard InChI is InChI=1S/C17H20N4O3/c1-20(2)11-14-6-4-3-5-13(14)10-19-17(22)12-7-8-15(18)16(9-12)21(23)24/h3-9H,10-11,18H2,1-2H3,(H,19,22). The molecule has 0 fully saturated rings. The number of anilines is 1. The highest BCUT2D eigenvalue weighted by molar-refractivity contribution is 5.95. The number of hydrogen-bond donors (Lipinski definition) is 2. The predicted octanol–water partition coefficient (Wildman–Crippen LogP) is 2.17. The normalized spacial score (nSPS) is 10.6. The number of benzene rings is 2. The fraction of sp³-hybridized carbons (Fsp3) is 0.235. The molecule has 0 aliphatic carbocycles. The van der Waals surface area contributed by atoms with Crippen LogP contribution >= 0.6 is 0 Å². The number of nitro groups is 1. The Morgan fingerprint density at radius 1 is 1.21 bits per heavy atom. The van der Waals surface area contributed by atoms with Crippen LogP contribution in [0.3, 0.4) is 0 Å². The number of hydrogen-bond acceptors (Lipinski definition) is 5. The smallest absolute Gasteiger partial charge is 0.292 e. The van der Waals surface area contributed by atoms with Crippen LogP contribution in [0.15, 0.2) is 42.5 Å². The zero-order chi connectivity index (χ0) is 17.7. The number of nitrogen functional groups attached to an aromatic ring is 1. The largest absolute Gasteiger partial charge is 0.393 e. The van der Waals surface area contributed by atoms with Crippen molar-refractivity contribution in [2.75, 3.05) is 19.8 Å². The van der Waals surface area contributed by atoms with Gasteiger partial charge in [0.25, 0.3) is 11.6 Å². The molecule has 1 amide bonds. The van der Waals surface area contributed by atoms with Gasteiger partial charge in [-0.15, -0.1) is 0 Å². The molecule has 0 saturated carbocycles. The minimum atomic E-state index is -0.599. The molecule has 0 saturated heterocycles. The molecule has 0 unspecified atom stereocenters. The van der Waals surface area contributed by atoms with Crippen LogP contribution in [0.1, 0.15) is 21.5 Å². The monoisotopic (exact) mass is 328 g/mol. The van der Waals surface area contributed by atoms with E-state index in [0.29, 0.717) is 6.54 Å². The van der Waals surface area contributed by atoms with E-state index >= 15 is 0 Å². The third-order valence-corrected chi connectivity index (χ3v) is 3.53. The van der Waals surface area contributed by atoms with Crippen molar-refractivity contribution in [2.24, 2.45) is 0 Å². The van der Waals surface area contributed by atoms with Gasteiger partial charge in [0.15, 0.2) is 0 Å². The van der Waals surface area contributed by atoms with E-state index in [-0.39, 0.29) is 22.8 Å². The summed E-state index contributed by atoms with van der Waals surface area (Å²) >= 11 is 0. The van der Waals surface area contributed by atoms with Crippen molar-refractivity contribution in [1.82, 2.24) is 10.2 Å². The van der Waals surface area contributed by atoms with Crippen LogP contribution in [0.25, 0.3) is 0 Å². The molecule has 7 heteroatoms. The SMILES string of the molecule is CN(C)Cc1ccccc1CNC(=O)c1ccc(N)c([N+](=O)[O-])c1. The van der Waals surface area contributed by atoms with Gasteiger partial charge in [0.2, 0.25) is 0 Å². The Hall–Kier alpha value is -2.93.